The lowest BCUT2D eigenvalue weighted by Gasteiger charge is -2.10. The van der Waals surface area contributed by atoms with Gasteiger partial charge in [0.25, 0.3) is 5.91 Å². The first-order chi connectivity index (χ1) is 10.0. The monoisotopic (exact) mass is 304 g/mol. The van der Waals surface area contributed by atoms with Crippen LogP contribution in [0.1, 0.15) is 20.7 Å². The first-order valence-corrected chi connectivity index (χ1v) is 7.12. The zero-order valence-electron chi connectivity index (χ0n) is 11.0. The molecule has 0 atom stereocenters. The summed E-state index contributed by atoms with van der Waals surface area (Å²) in [6, 6.07) is 7.35. The minimum atomic E-state index is -1.27. The third-order valence-corrected chi connectivity index (χ3v) is 3.44. The number of benzene rings is 1. The molecule has 6 nitrogen and oxygen atoms in total. The number of amides is 1. The van der Waals surface area contributed by atoms with Gasteiger partial charge in [0, 0.05) is 6.20 Å². The van der Waals surface area contributed by atoms with Gasteiger partial charge in [0.1, 0.15) is 10.6 Å². The van der Waals surface area contributed by atoms with Gasteiger partial charge < -0.3 is 15.5 Å². The summed E-state index contributed by atoms with van der Waals surface area (Å²) in [5, 5.41) is 21.8. The van der Waals surface area contributed by atoms with E-state index in [2.05, 4.69) is 10.3 Å². The minimum absolute atomic E-state index is 0.0378. The molecule has 0 aliphatic heterocycles. The molecule has 0 aliphatic carbocycles. The molecule has 3 N–H and O–H groups in total. The molecule has 0 spiro atoms. The number of thioether (sulfide) groups is 1. The number of anilines is 1. The molecule has 1 aromatic carbocycles. The number of hydrogen-bond acceptors (Lipinski definition) is 5. The Hall–Kier alpha value is -2.54. The van der Waals surface area contributed by atoms with Crippen LogP contribution >= 0.6 is 11.8 Å². The standard InChI is InChI=1S/C14H12N2O4S/c1-21-13-9(5-3-7-15-13)12(18)16-10-6-2-4-8(11(10)17)14(19)20/h2-7,17H,1H3,(H,16,18)(H,19,20). The van der Waals surface area contributed by atoms with Crippen molar-refractivity contribution in [2.24, 2.45) is 0 Å². The molecule has 1 amide bonds. The maximum atomic E-state index is 12.2. The Bertz CT molecular complexity index is 703. The molecular formula is C14H12N2O4S. The van der Waals surface area contributed by atoms with Gasteiger partial charge in [-0.25, -0.2) is 9.78 Å². The zero-order valence-corrected chi connectivity index (χ0v) is 11.8. The fourth-order valence-electron chi connectivity index (χ4n) is 1.73. The molecule has 7 heteroatoms. The van der Waals surface area contributed by atoms with Gasteiger partial charge in [0.15, 0.2) is 5.75 Å². The molecule has 108 valence electrons. The maximum absolute atomic E-state index is 12.2. The van der Waals surface area contributed by atoms with Crippen LogP contribution in [0.4, 0.5) is 5.69 Å². The van der Waals surface area contributed by atoms with Crippen LogP contribution in [0.15, 0.2) is 41.6 Å². The number of phenols is 1. The van der Waals surface area contributed by atoms with E-state index in [0.29, 0.717) is 10.6 Å². The molecule has 0 radical (unpaired) electrons. The maximum Gasteiger partial charge on any atom is 0.339 e. The molecule has 2 rings (SSSR count). The number of aromatic carboxylic acids is 1. The van der Waals surface area contributed by atoms with E-state index < -0.39 is 17.6 Å². The summed E-state index contributed by atoms with van der Waals surface area (Å²) in [6.07, 6.45) is 3.37. The van der Waals surface area contributed by atoms with E-state index in [1.807, 2.05) is 0 Å². The topological polar surface area (TPSA) is 99.5 Å². The van der Waals surface area contributed by atoms with E-state index in [9.17, 15) is 14.7 Å². The van der Waals surface area contributed by atoms with Crippen molar-refractivity contribution in [3.05, 3.63) is 47.7 Å². The SMILES string of the molecule is CSc1ncccc1C(=O)Nc1cccc(C(=O)O)c1O. The molecule has 0 unspecified atom stereocenters. The third kappa shape index (κ3) is 3.14. The van der Waals surface area contributed by atoms with Gasteiger partial charge >= 0.3 is 5.97 Å². The van der Waals surface area contributed by atoms with Gasteiger partial charge in [-0.3, -0.25) is 4.79 Å². The van der Waals surface area contributed by atoms with Crippen LogP contribution in [-0.4, -0.2) is 33.3 Å². The van der Waals surface area contributed by atoms with Gasteiger partial charge in [-0.15, -0.1) is 11.8 Å². The van der Waals surface area contributed by atoms with Crippen molar-refractivity contribution in [2.45, 2.75) is 5.03 Å². The molecule has 0 saturated carbocycles. The first-order valence-electron chi connectivity index (χ1n) is 5.90. The zero-order chi connectivity index (χ0) is 15.4. The van der Waals surface area contributed by atoms with E-state index in [-0.39, 0.29) is 11.3 Å². The van der Waals surface area contributed by atoms with Crippen molar-refractivity contribution in [1.82, 2.24) is 4.98 Å². The van der Waals surface area contributed by atoms with Crippen LogP contribution in [0.25, 0.3) is 0 Å². The number of nitrogens with one attached hydrogen (secondary N) is 1. The molecule has 1 aromatic heterocycles. The Morgan fingerprint density at radius 2 is 1.90 bits per heavy atom. The Morgan fingerprint density at radius 1 is 1.19 bits per heavy atom. The summed E-state index contributed by atoms with van der Waals surface area (Å²) in [4.78, 5) is 27.2. The van der Waals surface area contributed by atoms with Crippen molar-refractivity contribution in [3.63, 3.8) is 0 Å². The minimum Gasteiger partial charge on any atom is -0.505 e. The highest BCUT2D eigenvalue weighted by atomic mass is 32.2. The molecule has 1 heterocycles. The van der Waals surface area contributed by atoms with Crippen LogP contribution < -0.4 is 5.32 Å². The molecule has 0 bridgehead atoms. The fraction of sp³-hybridized carbons (Fsp3) is 0.0714. The van der Waals surface area contributed by atoms with Crippen molar-refractivity contribution < 1.29 is 19.8 Å². The summed E-state index contributed by atoms with van der Waals surface area (Å²) in [5.41, 5.74) is 0.116. The number of para-hydroxylation sites is 1. The molecule has 2 aromatic rings. The highest BCUT2D eigenvalue weighted by Gasteiger charge is 2.17. The van der Waals surface area contributed by atoms with Gasteiger partial charge in [-0.05, 0) is 30.5 Å². The summed E-state index contributed by atoms with van der Waals surface area (Å²) in [7, 11) is 0. The number of carbonyl (C=O) groups excluding carboxylic acids is 1. The van der Waals surface area contributed by atoms with E-state index in [1.165, 1.54) is 30.0 Å². The number of carbonyl (C=O) groups is 2. The number of pyridine rings is 1. The van der Waals surface area contributed by atoms with Crippen LogP contribution in [0.5, 0.6) is 5.75 Å². The van der Waals surface area contributed by atoms with Crippen LogP contribution in [0.3, 0.4) is 0 Å². The molecule has 0 fully saturated rings. The predicted molar refractivity (Wildman–Crippen MR) is 79.0 cm³/mol. The van der Waals surface area contributed by atoms with E-state index in [1.54, 1.807) is 24.6 Å². The Kier molecular flexibility index (Phi) is 4.44. The molecule has 21 heavy (non-hydrogen) atoms. The smallest absolute Gasteiger partial charge is 0.339 e. The number of aromatic hydroxyl groups is 1. The quantitative estimate of drug-likeness (QED) is 0.592. The third-order valence-electron chi connectivity index (χ3n) is 2.72. The van der Waals surface area contributed by atoms with Gasteiger partial charge in [0.2, 0.25) is 0 Å². The lowest BCUT2D eigenvalue weighted by atomic mass is 10.1. The average Bonchev–Trinajstić information content (AvgIpc) is 2.48. The van der Waals surface area contributed by atoms with E-state index in [0.717, 1.165) is 0 Å². The largest absolute Gasteiger partial charge is 0.505 e. The van der Waals surface area contributed by atoms with Gasteiger partial charge in [-0.2, -0.15) is 0 Å². The second-order valence-corrected chi connectivity index (χ2v) is 4.82. The molecule has 0 saturated heterocycles. The summed E-state index contributed by atoms with van der Waals surface area (Å²) in [6.45, 7) is 0. The normalized spacial score (nSPS) is 10.1. The van der Waals surface area contributed by atoms with Crippen molar-refractivity contribution in [1.29, 1.82) is 0 Å². The number of hydrogen-bond donors (Lipinski definition) is 3. The van der Waals surface area contributed by atoms with Crippen LogP contribution in [0.2, 0.25) is 0 Å². The van der Waals surface area contributed by atoms with E-state index in [4.69, 9.17) is 5.11 Å². The highest BCUT2D eigenvalue weighted by molar-refractivity contribution is 7.98. The Morgan fingerprint density at radius 3 is 2.57 bits per heavy atom. The van der Waals surface area contributed by atoms with Crippen molar-refractivity contribution in [2.75, 3.05) is 11.6 Å². The summed E-state index contributed by atoms with van der Waals surface area (Å²) in [5.74, 6) is -2.21. The Labute approximate surface area is 124 Å². The van der Waals surface area contributed by atoms with Crippen molar-refractivity contribution in [3.8, 4) is 5.75 Å². The highest BCUT2D eigenvalue weighted by Crippen LogP contribution is 2.28. The number of carboxylic acids is 1. The number of aromatic nitrogens is 1. The van der Waals surface area contributed by atoms with E-state index >= 15 is 0 Å². The molecule has 0 aliphatic rings. The first kappa shape index (κ1) is 14.9. The summed E-state index contributed by atoms with van der Waals surface area (Å²) >= 11 is 1.32. The number of nitrogens with zero attached hydrogens (tertiary/aromatic N) is 1. The Balaban J connectivity index is 2.32. The predicted octanol–water partition coefficient (Wildman–Crippen LogP) is 2.46. The lowest BCUT2D eigenvalue weighted by molar-refractivity contribution is 0.0693. The lowest BCUT2D eigenvalue weighted by Crippen LogP contribution is -2.14. The average molecular weight is 304 g/mol. The number of rotatable bonds is 4. The van der Waals surface area contributed by atoms with Crippen LogP contribution in [-0.2, 0) is 0 Å². The number of carboxylic acid groups (broad SMARTS) is 1. The van der Waals surface area contributed by atoms with Gasteiger partial charge in [-0.1, -0.05) is 6.07 Å². The fourth-order valence-corrected chi connectivity index (χ4v) is 2.28. The second-order valence-electron chi connectivity index (χ2n) is 4.02. The van der Waals surface area contributed by atoms with Crippen LogP contribution in [0, 0.1) is 0 Å². The van der Waals surface area contributed by atoms with Gasteiger partial charge in [0.05, 0.1) is 11.3 Å². The van der Waals surface area contributed by atoms with Crippen molar-refractivity contribution >= 4 is 29.3 Å². The second kappa shape index (κ2) is 6.27. The molecular weight excluding hydrogens is 292 g/mol. The summed E-state index contributed by atoms with van der Waals surface area (Å²) < 4.78 is 0.